The van der Waals surface area contributed by atoms with Gasteiger partial charge in [0.25, 0.3) is 11.5 Å². The van der Waals surface area contributed by atoms with Crippen LogP contribution in [0.4, 0.5) is 0 Å². The summed E-state index contributed by atoms with van der Waals surface area (Å²) in [5.74, 6) is 1.91. The van der Waals surface area contributed by atoms with Gasteiger partial charge in [-0.25, -0.2) is 4.79 Å². The number of nitrogens with one attached hydrogen (secondary N) is 2. The summed E-state index contributed by atoms with van der Waals surface area (Å²) in [5.41, 5.74) is -2.16. The first kappa shape index (κ1) is 16.6. The van der Waals surface area contributed by atoms with Gasteiger partial charge in [0.1, 0.15) is 5.56 Å². The summed E-state index contributed by atoms with van der Waals surface area (Å²) < 4.78 is 1.07. The highest BCUT2D eigenvalue weighted by atomic mass is 16.3. The van der Waals surface area contributed by atoms with Crippen LogP contribution < -0.4 is 16.6 Å². The molecule has 9 heteroatoms. The summed E-state index contributed by atoms with van der Waals surface area (Å²) >= 11 is 0. The van der Waals surface area contributed by atoms with E-state index in [1.54, 1.807) is 0 Å². The van der Waals surface area contributed by atoms with E-state index in [1.807, 2.05) is 4.98 Å². The van der Waals surface area contributed by atoms with Gasteiger partial charge >= 0.3 is 5.69 Å². The molecule has 0 bridgehead atoms. The maximum Gasteiger partial charge on any atom is 0.328 e. The highest BCUT2D eigenvalue weighted by Gasteiger charge is 2.38. The van der Waals surface area contributed by atoms with Crippen molar-refractivity contribution in [2.75, 3.05) is 13.2 Å². The predicted molar refractivity (Wildman–Crippen MR) is 81.0 cm³/mol. The van der Waals surface area contributed by atoms with Gasteiger partial charge < -0.3 is 10.4 Å². The molecule has 0 aromatic carbocycles. The van der Waals surface area contributed by atoms with Crippen molar-refractivity contribution >= 4 is 5.91 Å². The van der Waals surface area contributed by atoms with Crippen molar-refractivity contribution in [3.8, 4) is 12.3 Å². The number of aliphatic hydroxyl groups excluding tert-OH is 1. The molecule has 1 aromatic heterocycles. The summed E-state index contributed by atoms with van der Waals surface area (Å²) in [6.45, 7) is -0.0223. The molecule has 122 valence electrons. The second-order valence-corrected chi connectivity index (χ2v) is 5.11. The van der Waals surface area contributed by atoms with Crippen LogP contribution in [-0.4, -0.2) is 39.4 Å². The van der Waals surface area contributed by atoms with Crippen molar-refractivity contribution in [3.63, 3.8) is 0 Å². The zero-order chi connectivity index (χ0) is 16.9. The number of hydrogen-bond donors (Lipinski definition) is 3. The molecule has 2 heterocycles. The second-order valence-electron chi connectivity index (χ2n) is 5.11. The van der Waals surface area contributed by atoms with E-state index in [1.165, 1.54) is 0 Å². The molecule has 1 aliphatic heterocycles. The first-order chi connectivity index (χ1) is 11.0. The molecule has 2 rings (SSSR count). The number of aromatic amines is 1. The molecular weight excluding hydrogens is 302 g/mol. The standard InChI is InChI=1S/C14H17N5O4/c1-2-3-4-14(17-18-14)5-6-15-11(21)10-9-19(7-8-20)13(23)16-12(10)22/h1,9,20H,3-8H2,(H,15,21)(H,16,22,23). The van der Waals surface area contributed by atoms with Gasteiger partial charge in [0.2, 0.25) is 0 Å². The number of nitrogens with zero attached hydrogens (tertiary/aromatic N) is 3. The molecule has 0 spiro atoms. The Hall–Kier alpha value is -2.73. The fourth-order valence-electron chi connectivity index (χ4n) is 2.08. The first-order valence-corrected chi connectivity index (χ1v) is 7.12. The van der Waals surface area contributed by atoms with E-state index in [0.717, 1.165) is 10.8 Å². The van der Waals surface area contributed by atoms with E-state index in [-0.39, 0.29) is 25.3 Å². The number of carbonyl (C=O) groups excluding carboxylic acids is 1. The number of aromatic nitrogens is 2. The first-order valence-electron chi connectivity index (χ1n) is 7.12. The Balaban J connectivity index is 1.96. The van der Waals surface area contributed by atoms with Gasteiger partial charge in [-0.3, -0.25) is 19.1 Å². The average Bonchev–Trinajstić information content (AvgIpc) is 3.28. The smallest absolute Gasteiger partial charge is 0.328 e. The fraction of sp³-hybridized carbons (Fsp3) is 0.500. The second kappa shape index (κ2) is 7.02. The zero-order valence-corrected chi connectivity index (χ0v) is 12.4. The van der Waals surface area contributed by atoms with Crippen LogP contribution in [0.5, 0.6) is 0 Å². The van der Waals surface area contributed by atoms with Crippen molar-refractivity contribution in [3.05, 3.63) is 32.6 Å². The Bertz CT molecular complexity index is 765. The number of carbonyl (C=O) groups is 1. The Morgan fingerprint density at radius 3 is 2.78 bits per heavy atom. The number of hydrogen-bond acceptors (Lipinski definition) is 6. The predicted octanol–water partition coefficient (Wildman–Crippen LogP) is -0.776. The van der Waals surface area contributed by atoms with Crippen molar-refractivity contribution in [1.82, 2.24) is 14.9 Å². The van der Waals surface area contributed by atoms with E-state index in [2.05, 4.69) is 21.5 Å². The monoisotopic (exact) mass is 319 g/mol. The number of H-pyrrole nitrogens is 1. The molecular formula is C14H17N5O4. The maximum atomic E-state index is 12.1. The lowest BCUT2D eigenvalue weighted by molar-refractivity contribution is 0.0949. The van der Waals surface area contributed by atoms with Crippen LogP contribution in [0.3, 0.4) is 0 Å². The van der Waals surface area contributed by atoms with E-state index < -0.39 is 22.8 Å². The highest BCUT2D eigenvalue weighted by molar-refractivity contribution is 5.93. The number of rotatable bonds is 8. The fourth-order valence-corrected chi connectivity index (χ4v) is 2.08. The molecule has 0 aliphatic carbocycles. The molecule has 0 atom stereocenters. The van der Waals surface area contributed by atoms with Crippen molar-refractivity contribution in [2.24, 2.45) is 10.2 Å². The average molecular weight is 319 g/mol. The Morgan fingerprint density at radius 1 is 1.43 bits per heavy atom. The van der Waals surface area contributed by atoms with Crippen LogP contribution in [0.2, 0.25) is 0 Å². The minimum atomic E-state index is -0.774. The summed E-state index contributed by atoms with van der Waals surface area (Å²) in [6.07, 6.45) is 8.00. The minimum Gasteiger partial charge on any atom is -0.395 e. The van der Waals surface area contributed by atoms with Crippen molar-refractivity contribution in [2.45, 2.75) is 31.5 Å². The number of amides is 1. The van der Waals surface area contributed by atoms with Crippen LogP contribution >= 0.6 is 0 Å². The van der Waals surface area contributed by atoms with Gasteiger partial charge in [0, 0.05) is 32.0 Å². The van der Waals surface area contributed by atoms with Crippen molar-refractivity contribution < 1.29 is 9.90 Å². The van der Waals surface area contributed by atoms with Gasteiger partial charge in [-0.1, -0.05) is 0 Å². The largest absolute Gasteiger partial charge is 0.395 e. The van der Waals surface area contributed by atoms with Crippen LogP contribution in [-0.2, 0) is 6.54 Å². The molecule has 1 amide bonds. The Kier molecular flexibility index (Phi) is 5.08. The quantitative estimate of drug-likeness (QED) is 0.543. The van der Waals surface area contributed by atoms with Crippen LogP contribution in [0, 0.1) is 12.3 Å². The van der Waals surface area contributed by atoms with Gasteiger partial charge in [-0.05, 0) is 0 Å². The van der Waals surface area contributed by atoms with Gasteiger partial charge in [0.15, 0.2) is 5.66 Å². The Morgan fingerprint density at radius 2 is 2.17 bits per heavy atom. The minimum absolute atomic E-state index is 0.0111. The van der Waals surface area contributed by atoms with Gasteiger partial charge in [-0.15, -0.1) is 12.3 Å². The number of terminal acetylenes is 1. The van der Waals surface area contributed by atoms with Crippen LogP contribution in [0.25, 0.3) is 0 Å². The molecule has 23 heavy (non-hydrogen) atoms. The third-order valence-corrected chi connectivity index (χ3v) is 3.46. The summed E-state index contributed by atoms with van der Waals surface area (Å²) in [5, 5.41) is 19.3. The molecule has 0 radical (unpaired) electrons. The summed E-state index contributed by atoms with van der Waals surface area (Å²) in [6, 6.07) is 0. The van der Waals surface area contributed by atoms with Crippen molar-refractivity contribution in [1.29, 1.82) is 0 Å². The molecule has 1 aliphatic rings. The van der Waals surface area contributed by atoms with Gasteiger partial charge in [-0.2, -0.15) is 10.2 Å². The highest BCUT2D eigenvalue weighted by Crippen LogP contribution is 2.35. The lowest BCUT2D eigenvalue weighted by Crippen LogP contribution is -2.38. The zero-order valence-electron chi connectivity index (χ0n) is 12.4. The third-order valence-electron chi connectivity index (χ3n) is 3.46. The van der Waals surface area contributed by atoms with E-state index in [9.17, 15) is 14.4 Å². The molecule has 0 saturated carbocycles. The third kappa shape index (κ3) is 4.14. The molecule has 1 aromatic rings. The van der Waals surface area contributed by atoms with E-state index in [4.69, 9.17) is 11.5 Å². The lowest BCUT2D eigenvalue weighted by Gasteiger charge is -2.10. The van der Waals surface area contributed by atoms with Crippen LogP contribution in [0.1, 0.15) is 29.6 Å². The molecule has 0 unspecified atom stereocenters. The summed E-state index contributed by atoms with van der Waals surface area (Å²) in [4.78, 5) is 37.3. The lowest BCUT2D eigenvalue weighted by atomic mass is 10.0. The summed E-state index contributed by atoms with van der Waals surface area (Å²) in [7, 11) is 0. The SMILES string of the molecule is C#CCCC1(CCNC(=O)c2cn(CCO)c(=O)[nH]c2=O)N=N1. The molecule has 0 saturated heterocycles. The number of aliphatic hydroxyl groups is 1. The molecule has 0 fully saturated rings. The molecule has 9 nitrogen and oxygen atoms in total. The Labute approximate surface area is 131 Å². The van der Waals surface area contributed by atoms with Gasteiger partial charge in [0.05, 0.1) is 13.2 Å². The topological polar surface area (TPSA) is 129 Å². The maximum absolute atomic E-state index is 12.1. The van der Waals surface area contributed by atoms with E-state index >= 15 is 0 Å². The van der Waals surface area contributed by atoms with Crippen LogP contribution in [0.15, 0.2) is 26.0 Å². The molecule has 3 N–H and O–H groups in total. The van der Waals surface area contributed by atoms with E-state index in [0.29, 0.717) is 19.3 Å². The normalized spacial score (nSPS) is 14.3.